The number of anilines is 1. The number of hydrogen-bond acceptors (Lipinski definition) is 5. The molecule has 1 aromatic rings. The van der Waals surface area contributed by atoms with E-state index in [4.69, 9.17) is 10.5 Å². The number of nitrogens with two attached hydrogens (primary N) is 1. The van der Waals surface area contributed by atoms with Gasteiger partial charge in [-0.3, -0.25) is 0 Å². The predicted octanol–water partition coefficient (Wildman–Crippen LogP) is 0.397. The highest BCUT2D eigenvalue weighted by molar-refractivity contribution is 7.89. The van der Waals surface area contributed by atoms with Gasteiger partial charge in [-0.05, 0) is 24.6 Å². The lowest BCUT2D eigenvalue weighted by atomic mass is 9.95. The largest absolute Gasteiger partial charge is 0.398 e. The first kappa shape index (κ1) is 15.2. The highest BCUT2D eigenvalue weighted by Gasteiger charge is 2.31. The van der Waals surface area contributed by atoms with Crippen LogP contribution in [0.25, 0.3) is 0 Å². The van der Waals surface area contributed by atoms with Crippen LogP contribution in [0, 0.1) is 6.92 Å². The molecule has 1 heterocycles. The van der Waals surface area contributed by atoms with Crippen molar-refractivity contribution in [1.29, 1.82) is 0 Å². The van der Waals surface area contributed by atoms with Crippen LogP contribution in [0.3, 0.4) is 0 Å². The van der Waals surface area contributed by atoms with Gasteiger partial charge in [-0.1, -0.05) is 6.07 Å². The second-order valence-electron chi connectivity index (χ2n) is 5.18. The van der Waals surface area contributed by atoms with Crippen LogP contribution in [0.15, 0.2) is 23.1 Å². The van der Waals surface area contributed by atoms with Crippen LogP contribution in [0.4, 0.5) is 5.69 Å². The standard InChI is InChI=1S/C13H20N2O4S/c1-10-2-3-11(8-12(10)14)20(17,18)15-9-13(16)4-6-19-7-5-13/h2-3,8,15-16H,4-7,9,14H2,1H3. The molecule has 1 saturated heterocycles. The summed E-state index contributed by atoms with van der Waals surface area (Å²) in [5.41, 5.74) is 5.94. The molecule has 1 aliphatic rings. The van der Waals surface area contributed by atoms with Crippen molar-refractivity contribution in [2.45, 2.75) is 30.3 Å². The first-order chi connectivity index (χ1) is 9.32. The number of aliphatic hydroxyl groups is 1. The van der Waals surface area contributed by atoms with E-state index < -0.39 is 15.6 Å². The van der Waals surface area contributed by atoms with Gasteiger partial charge in [0.05, 0.1) is 10.5 Å². The third-order valence-corrected chi connectivity index (χ3v) is 4.97. The van der Waals surface area contributed by atoms with E-state index in [1.54, 1.807) is 6.07 Å². The van der Waals surface area contributed by atoms with Gasteiger partial charge in [0.15, 0.2) is 0 Å². The van der Waals surface area contributed by atoms with E-state index in [2.05, 4.69) is 4.72 Å². The van der Waals surface area contributed by atoms with E-state index in [1.807, 2.05) is 6.92 Å². The quantitative estimate of drug-likeness (QED) is 0.699. The van der Waals surface area contributed by atoms with Crippen LogP contribution >= 0.6 is 0 Å². The number of aryl methyl sites for hydroxylation is 1. The van der Waals surface area contributed by atoms with Gasteiger partial charge in [0, 0.05) is 38.3 Å². The third-order valence-electron chi connectivity index (χ3n) is 3.58. The van der Waals surface area contributed by atoms with Gasteiger partial charge < -0.3 is 15.6 Å². The summed E-state index contributed by atoms with van der Waals surface area (Å²) in [6.45, 7) is 2.67. The lowest BCUT2D eigenvalue weighted by Crippen LogP contribution is -2.46. The van der Waals surface area contributed by atoms with Crippen molar-refractivity contribution in [2.75, 3.05) is 25.5 Å². The summed E-state index contributed by atoms with van der Waals surface area (Å²) in [4.78, 5) is 0.108. The summed E-state index contributed by atoms with van der Waals surface area (Å²) in [5.74, 6) is 0. The van der Waals surface area contributed by atoms with Crippen LogP contribution in [-0.4, -0.2) is 38.9 Å². The zero-order valence-electron chi connectivity index (χ0n) is 11.4. The normalized spacial score (nSPS) is 18.9. The molecular weight excluding hydrogens is 280 g/mol. The van der Waals surface area contributed by atoms with E-state index in [0.29, 0.717) is 31.7 Å². The monoisotopic (exact) mass is 300 g/mol. The number of nitrogens with one attached hydrogen (secondary N) is 1. The maximum Gasteiger partial charge on any atom is 0.240 e. The van der Waals surface area contributed by atoms with Gasteiger partial charge in [0.1, 0.15) is 0 Å². The molecule has 1 fully saturated rings. The van der Waals surface area contributed by atoms with Gasteiger partial charge in [0.2, 0.25) is 10.0 Å². The Morgan fingerprint density at radius 1 is 1.40 bits per heavy atom. The summed E-state index contributed by atoms with van der Waals surface area (Å²) in [6.07, 6.45) is 0.844. The van der Waals surface area contributed by atoms with Gasteiger partial charge in [-0.15, -0.1) is 0 Å². The minimum absolute atomic E-state index is 0.0214. The molecule has 7 heteroatoms. The number of ether oxygens (including phenoxy) is 1. The lowest BCUT2D eigenvalue weighted by molar-refractivity contribution is -0.0588. The molecule has 0 radical (unpaired) electrons. The molecule has 0 amide bonds. The molecule has 112 valence electrons. The van der Waals surface area contributed by atoms with Crippen LogP contribution in [0.1, 0.15) is 18.4 Å². The molecule has 0 bridgehead atoms. The van der Waals surface area contributed by atoms with Gasteiger partial charge in [-0.25, -0.2) is 13.1 Å². The van der Waals surface area contributed by atoms with Crippen molar-refractivity contribution < 1.29 is 18.3 Å². The molecule has 6 nitrogen and oxygen atoms in total. The fraction of sp³-hybridized carbons (Fsp3) is 0.538. The number of sulfonamides is 1. The molecule has 0 spiro atoms. The summed E-state index contributed by atoms with van der Waals surface area (Å²) >= 11 is 0. The molecule has 1 aromatic carbocycles. The maximum absolute atomic E-state index is 12.2. The molecule has 1 aliphatic heterocycles. The summed E-state index contributed by atoms with van der Waals surface area (Å²) in [6, 6.07) is 4.58. The molecule has 2 rings (SSSR count). The van der Waals surface area contributed by atoms with Crippen molar-refractivity contribution in [2.24, 2.45) is 0 Å². The zero-order valence-corrected chi connectivity index (χ0v) is 12.2. The number of benzene rings is 1. The Morgan fingerprint density at radius 2 is 2.05 bits per heavy atom. The average Bonchev–Trinajstić information content (AvgIpc) is 2.41. The van der Waals surface area contributed by atoms with E-state index >= 15 is 0 Å². The van der Waals surface area contributed by atoms with Crippen LogP contribution in [0.5, 0.6) is 0 Å². The number of rotatable bonds is 4. The molecule has 4 N–H and O–H groups in total. The first-order valence-corrected chi connectivity index (χ1v) is 7.97. The molecule has 0 unspecified atom stereocenters. The summed E-state index contributed by atoms with van der Waals surface area (Å²) in [7, 11) is -3.67. The molecule has 0 aromatic heterocycles. The number of hydrogen-bond donors (Lipinski definition) is 3. The molecule has 0 aliphatic carbocycles. The first-order valence-electron chi connectivity index (χ1n) is 6.48. The Hall–Kier alpha value is -1.15. The highest BCUT2D eigenvalue weighted by atomic mass is 32.2. The molecular formula is C13H20N2O4S. The Balaban J connectivity index is 2.09. The van der Waals surface area contributed by atoms with E-state index in [-0.39, 0.29) is 11.4 Å². The van der Waals surface area contributed by atoms with Gasteiger partial charge in [0.25, 0.3) is 0 Å². The van der Waals surface area contributed by atoms with E-state index in [1.165, 1.54) is 12.1 Å². The fourth-order valence-electron chi connectivity index (χ4n) is 2.03. The van der Waals surface area contributed by atoms with Crippen molar-refractivity contribution in [3.63, 3.8) is 0 Å². The Bertz CT molecular complexity index is 580. The second-order valence-corrected chi connectivity index (χ2v) is 6.95. The number of nitrogen functional groups attached to an aromatic ring is 1. The third kappa shape index (κ3) is 3.49. The Kier molecular flexibility index (Phi) is 4.33. The van der Waals surface area contributed by atoms with E-state index in [0.717, 1.165) is 5.56 Å². The highest BCUT2D eigenvalue weighted by Crippen LogP contribution is 2.21. The van der Waals surface area contributed by atoms with Crippen LogP contribution in [-0.2, 0) is 14.8 Å². The summed E-state index contributed by atoms with van der Waals surface area (Å²) in [5, 5.41) is 10.2. The van der Waals surface area contributed by atoms with Gasteiger partial charge in [-0.2, -0.15) is 0 Å². The van der Waals surface area contributed by atoms with E-state index in [9.17, 15) is 13.5 Å². The zero-order chi connectivity index (χ0) is 14.8. The lowest BCUT2D eigenvalue weighted by Gasteiger charge is -2.31. The smallest absolute Gasteiger partial charge is 0.240 e. The minimum atomic E-state index is -3.67. The Morgan fingerprint density at radius 3 is 2.65 bits per heavy atom. The van der Waals surface area contributed by atoms with Crippen LogP contribution < -0.4 is 10.5 Å². The van der Waals surface area contributed by atoms with Crippen molar-refractivity contribution in [3.8, 4) is 0 Å². The molecule has 0 saturated carbocycles. The van der Waals surface area contributed by atoms with Crippen molar-refractivity contribution in [3.05, 3.63) is 23.8 Å². The predicted molar refractivity (Wildman–Crippen MR) is 75.8 cm³/mol. The average molecular weight is 300 g/mol. The SMILES string of the molecule is Cc1ccc(S(=O)(=O)NCC2(O)CCOCC2)cc1N. The molecule has 0 atom stereocenters. The van der Waals surface area contributed by atoms with Crippen molar-refractivity contribution >= 4 is 15.7 Å². The maximum atomic E-state index is 12.2. The minimum Gasteiger partial charge on any atom is -0.398 e. The summed E-state index contributed by atoms with van der Waals surface area (Å²) < 4.78 is 31.9. The molecule has 20 heavy (non-hydrogen) atoms. The second kappa shape index (κ2) is 5.69. The fourth-order valence-corrected chi connectivity index (χ4v) is 3.18. The van der Waals surface area contributed by atoms with Gasteiger partial charge >= 0.3 is 0 Å². The van der Waals surface area contributed by atoms with Crippen LogP contribution in [0.2, 0.25) is 0 Å². The topological polar surface area (TPSA) is 102 Å². The Labute approximate surface area is 119 Å². The van der Waals surface area contributed by atoms with Crippen molar-refractivity contribution in [1.82, 2.24) is 4.72 Å².